The fourth-order valence-electron chi connectivity index (χ4n) is 3.01. The topological polar surface area (TPSA) is 113 Å². The number of allylic oxidation sites excluding steroid dienone is 2. The molecule has 0 spiro atoms. The first-order valence-corrected chi connectivity index (χ1v) is 7.94. The van der Waals surface area contributed by atoms with E-state index in [0.717, 1.165) is 0 Å². The number of carbonyl (C=O) groups is 1. The fraction of sp³-hybridized carbons (Fsp3) is 0.333. The Morgan fingerprint density at radius 1 is 1.38 bits per heavy atom. The van der Waals surface area contributed by atoms with Crippen LogP contribution in [0.3, 0.4) is 0 Å². The van der Waals surface area contributed by atoms with Crippen LogP contribution in [-0.2, 0) is 14.3 Å². The van der Waals surface area contributed by atoms with Crippen LogP contribution in [0, 0.1) is 11.3 Å². The first-order valence-electron chi connectivity index (χ1n) is 7.94. The highest BCUT2D eigenvalue weighted by molar-refractivity contribution is 5.93. The van der Waals surface area contributed by atoms with Gasteiger partial charge in [0.05, 0.1) is 25.2 Å². The number of fused-ring (bicyclic) bond motifs is 1. The summed E-state index contributed by atoms with van der Waals surface area (Å²) in [5.41, 5.74) is 6.71. The van der Waals surface area contributed by atoms with Crippen LogP contribution in [0.1, 0.15) is 25.3 Å². The van der Waals surface area contributed by atoms with Crippen LogP contribution in [0.4, 0.5) is 0 Å². The quantitative estimate of drug-likeness (QED) is 0.814. The van der Waals surface area contributed by atoms with E-state index in [1.807, 2.05) is 6.07 Å². The molecule has 1 aromatic carbocycles. The summed E-state index contributed by atoms with van der Waals surface area (Å²) in [7, 11) is 1.49. The van der Waals surface area contributed by atoms with E-state index in [-0.39, 0.29) is 36.2 Å². The number of methoxy groups -OCH3 is 1. The highest BCUT2D eigenvalue weighted by Gasteiger charge is 2.38. The van der Waals surface area contributed by atoms with Crippen LogP contribution in [-0.4, -0.2) is 26.5 Å². The lowest BCUT2D eigenvalue weighted by atomic mass is 9.82. The maximum absolute atomic E-state index is 12.6. The van der Waals surface area contributed by atoms with Crippen LogP contribution in [0.5, 0.6) is 17.2 Å². The van der Waals surface area contributed by atoms with E-state index in [1.54, 1.807) is 26.0 Å². The lowest BCUT2D eigenvalue weighted by Gasteiger charge is -2.27. The normalized spacial score (nSPS) is 18.3. The molecule has 3 rings (SSSR count). The number of rotatable bonds is 4. The molecule has 2 N–H and O–H groups in total. The first kappa shape index (κ1) is 17.5. The Morgan fingerprint density at radius 2 is 2.08 bits per heavy atom. The molecule has 2 aliphatic heterocycles. The number of hydrogen-bond acceptors (Lipinski definition) is 8. The van der Waals surface area contributed by atoms with Crippen molar-refractivity contribution in [3.63, 3.8) is 0 Å². The number of nitrogens with zero attached hydrogens (tertiary/aromatic N) is 1. The molecular formula is C18H18N2O6. The minimum absolute atomic E-state index is 0.0669. The Labute approximate surface area is 150 Å². The Balaban J connectivity index is 2.22. The van der Waals surface area contributed by atoms with Crippen molar-refractivity contribution in [2.45, 2.75) is 19.8 Å². The van der Waals surface area contributed by atoms with Crippen LogP contribution >= 0.6 is 0 Å². The largest absolute Gasteiger partial charge is 0.496 e. The third-order valence-electron chi connectivity index (χ3n) is 4.14. The molecule has 8 nitrogen and oxygen atoms in total. The minimum Gasteiger partial charge on any atom is -0.496 e. The molecule has 1 aromatic rings. The van der Waals surface area contributed by atoms with Gasteiger partial charge in [-0.3, -0.25) is 0 Å². The Kier molecular flexibility index (Phi) is 4.63. The van der Waals surface area contributed by atoms with Crippen LogP contribution < -0.4 is 19.9 Å². The number of benzene rings is 1. The van der Waals surface area contributed by atoms with Crippen LogP contribution in [0.25, 0.3) is 0 Å². The van der Waals surface area contributed by atoms with E-state index in [0.29, 0.717) is 22.8 Å². The molecule has 0 bridgehead atoms. The summed E-state index contributed by atoms with van der Waals surface area (Å²) in [6, 6.07) is 5.35. The summed E-state index contributed by atoms with van der Waals surface area (Å²) in [4.78, 5) is 12.6. The molecular weight excluding hydrogens is 340 g/mol. The van der Waals surface area contributed by atoms with Crippen LogP contribution in [0.2, 0.25) is 0 Å². The molecule has 8 heteroatoms. The number of nitrogens with two attached hydrogens (primary N) is 1. The number of esters is 1. The van der Waals surface area contributed by atoms with E-state index >= 15 is 0 Å². The lowest BCUT2D eigenvalue weighted by molar-refractivity contribution is -0.139. The average molecular weight is 358 g/mol. The van der Waals surface area contributed by atoms with Crippen molar-refractivity contribution in [3.8, 4) is 23.3 Å². The summed E-state index contributed by atoms with van der Waals surface area (Å²) in [5.74, 6) is 0.242. The SMILES string of the molecule is CCOC(=O)C1=C(C)OC(N)=C(C#N)C1c1cc2c(cc1OC)OCO2. The zero-order valence-corrected chi connectivity index (χ0v) is 14.6. The lowest BCUT2D eigenvalue weighted by Crippen LogP contribution is -2.25. The summed E-state index contributed by atoms with van der Waals surface area (Å²) in [6.45, 7) is 3.56. The van der Waals surface area contributed by atoms with E-state index < -0.39 is 11.9 Å². The summed E-state index contributed by atoms with van der Waals surface area (Å²) in [6.07, 6.45) is 0. The summed E-state index contributed by atoms with van der Waals surface area (Å²) < 4.78 is 26.8. The zero-order chi connectivity index (χ0) is 18.8. The third kappa shape index (κ3) is 2.77. The molecule has 0 saturated heterocycles. The molecule has 0 aliphatic carbocycles. The number of carbonyl (C=O) groups excluding carboxylic acids is 1. The highest BCUT2D eigenvalue weighted by atomic mass is 16.7. The van der Waals surface area contributed by atoms with Crippen molar-refractivity contribution in [3.05, 3.63) is 40.5 Å². The van der Waals surface area contributed by atoms with Crippen molar-refractivity contribution in [1.82, 2.24) is 0 Å². The number of nitriles is 1. The van der Waals surface area contributed by atoms with Crippen molar-refractivity contribution in [2.75, 3.05) is 20.5 Å². The Hall–Kier alpha value is -3.34. The highest BCUT2D eigenvalue weighted by Crippen LogP contribution is 2.47. The second-order valence-electron chi connectivity index (χ2n) is 5.56. The molecule has 0 saturated carbocycles. The first-order chi connectivity index (χ1) is 12.5. The van der Waals surface area contributed by atoms with E-state index in [2.05, 4.69) is 0 Å². The summed E-state index contributed by atoms with van der Waals surface area (Å²) >= 11 is 0. The van der Waals surface area contributed by atoms with Gasteiger partial charge < -0.3 is 29.4 Å². The minimum atomic E-state index is -0.808. The Bertz CT molecular complexity index is 865. The molecule has 1 unspecified atom stereocenters. The molecule has 0 radical (unpaired) electrons. The predicted molar refractivity (Wildman–Crippen MR) is 89.1 cm³/mol. The molecule has 0 fully saturated rings. The third-order valence-corrected chi connectivity index (χ3v) is 4.14. The van der Waals surface area contributed by atoms with Gasteiger partial charge in [0.25, 0.3) is 0 Å². The van der Waals surface area contributed by atoms with Crippen molar-refractivity contribution in [1.29, 1.82) is 5.26 Å². The van der Waals surface area contributed by atoms with Gasteiger partial charge in [-0.25, -0.2) is 4.79 Å². The van der Waals surface area contributed by atoms with Gasteiger partial charge in [-0.15, -0.1) is 0 Å². The smallest absolute Gasteiger partial charge is 0.338 e. The van der Waals surface area contributed by atoms with Crippen molar-refractivity contribution >= 4 is 5.97 Å². The summed E-state index contributed by atoms with van der Waals surface area (Å²) in [5, 5.41) is 9.63. The maximum Gasteiger partial charge on any atom is 0.338 e. The van der Waals surface area contributed by atoms with Gasteiger partial charge in [-0.2, -0.15) is 5.26 Å². The van der Waals surface area contributed by atoms with E-state index in [4.69, 9.17) is 29.4 Å². The second-order valence-corrected chi connectivity index (χ2v) is 5.56. The average Bonchev–Trinajstić information content (AvgIpc) is 3.07. The van der Waals surface area contributed by atoms with Gasteiger partial charge in [0.15, 0.2) is 11.5 Å². The van der Waals surface area contributed by atoms with Crippen molar-refractivity contribution in [2.24, 2.45) is 5.73 Å². The Morgan fingerprint density at radius 3 is 2.69 bits per heavy atom. The molecule has 0 aromatic heterocycles. The fourth-order valence-corrected chi connectivity index (χ4v) is 3.01. The van der Waals surface area contributed by atoms with Gasteiger partial charge in [-0.1, -0.05) is 0 Å². The van der Waals surface area contributed by atoms with Gasteiger partial charge in [0.1, 0.15) is 23.2 Å². The van der Waals surface area contributed by atoms with E-state index in [1.165, 1.54) is 7.11 Å². The molecule has 0 amide bonds. The monoisotopic (exact) mass is 358 g/mol. The molecule has 2 heterocycles. The van der Waals surface area contributed by atoms with Gasteiger partial charge >= 0.3 is 5.97 Å². The van der Waals surface area contributed by atoms with Gasteiger partial charge in [-0.05, 0) is 19.9 Å². The predicted octanol–water partition coefficient (Wildman–Crippen LogP) is 2.07. The molecule has 26 heavy (non-hydrogen) atoms. The van der Waals surface area contributed by atoms with Gasteiger partial charge in [0.2, 0.25) is 12.7 Å². The molecule has 136 valence electrons. The van der Waals surface area contributed by atoms with Gasteiger partial charge in [0, 0.05) is 11.6 Å². The van der Waals surface area contributed by atoms with Crippen molar-refractivity contribution < 1.29 is 28.5 Å². The maximum atomic E-state index is 12.6. The number of ether oxygens (including phenoxy) is 5. The number of hydrogen-bond donors (Lipinski definition) is 1. The molecule has 1 atom stereocenters. The molecule has 2 aliphatic rings. The van der Waals surface area contributed by atoms with Crippen LogP contribution in [0.15, 0.2) is 34.9 Å². The second kappa shape index (κ2) is 6.88. The standard InChI is InChI=1S/C18H18N2O6/c1-4-23-18(21)15-9(2)26-17(20)11(7-19)16(15)10-5-13-14(25-8-24-13)6-12(10)22-3/h5-6,16H,4,8,20H2,1-3H3. The van der Waals surface area contributed by atoms with E-state index in [9.17, 15) is 10.1 Å². The zero-order valence-electron chi connectivity index (χ0n) is 14.6.